The molecule has 17 aromatic rings. The van der Waals surface area contributed by atoms with Crippen molar-refractivity contribution in [3.05, 3.63) is 181 Å². The molecule has 5 aromatic carbocycles. The van der Waals surface area contributed by atoms with Crippen LogP contribution in [0.5, 0.6) is 11.5 Å². The predicted octanol–water partition coefficient (Wildman–Crippen LogP) is 13.2. The second kappa shape index (κ2) is 35.4. The number of fused-ring (bicyclic) bond motifs is 8. The van der Waals surface area contributed by atoms with Gasteiger partial charge in [-0.3, -0.25) is 14.4 Å². The Hall–Kier alpha value is -15.0. The molecule has 0 radical (unpaired) electrons. The summed E-state index contributed by atoms with van der Waals surface area (Å²) < 4.78 is 60.2. The summed E-state index contributed by atoms with van der Waals surface area (Å²) in [6.07, 6.45) is 15.4. The molecule has 0 spiro atoms. The topological polar surface area (TPSA) is 540 Å². The van der Waals surface area contributed by atoms with Gasteiger partial charge >= 0.3 is 11.9 Å². The van der Waals surface area contributed by atoms with Crippen LogP contribution >= 0.6 is 0 Å². The number of aromatic nitrogens is 20. The number of nitrogens with two attached hydrogens (primary N) is 5. The summed E-state index contributed by atoms with van der Waals surface area (Å²) in [7, 11) is 2.94. The van der Waals surface area contributed by atoms with Crippen LogP contribution in [-0.2, 0) is 24.6 Å². The molecule has 662 valence electrons. The van der Waals surface area contributed by atoms with Crippen LogP contribution in [0.2, 0.25) is 0 Å². The molecule has 1 aliphatic heterocycles. The van der Waals surface area contributed by atoms with Crippen LogP contribution in [-0.4, -0.2) is 185 Å². The van der Waals surface area contributed by atoms with E-state index in [-0.39, 0.29) is 60.6 Å². The Balaban J connectivity index is 0.000000121. The third-order valence-corrected chi connectivity index (χ3v) is 27.2. The lowest BCUT2D eigenvalue weighted by atomic mass is 9.81. The summed E-state index contributed by atoms with van der Waals surface area (Å²) >= 11 is 0. The molecule has 4 fully saturated rings. The fraction of sp³-hybridized carbons (Fsp3) is 0.311. The average molecular weight is 1760 g/mol. The average Bonchev–Trinajstić information content (AvgIpc) is 1.61. The van der Waals surface area contributed by atoms with Gasteiger partial charge in [-0.1, -0.05) is 80.2 Å². The molecule has 0 bridgehead atoms. The number of nitrogens with zero attached hydrogens (tertiary/aromatic N) is 19. The van der Waals surface area contributed by atoms with Crippen LogP contribution < -0.4 is 38.1 Å². The number of carbonyl (C=O) groups excluding carboxylic acids is 1. The van der Waals surface area contributed by atoms with Crippen LogP contribution in [0.15, 0.2) is 147 Å². The fourth-order valence-corrected chi connectivity index (χ4v) is 19.7. The van der Waals surface area contributed by atoms with Crippen molar-refractivity contribution >= 4 is 117 Å². The van der Waals surface area contributed by atoms with Gasteiger partial charge in [0.25, 0.3) is 10.2 Å². The largest absolute Gasteiger partial charge is 0.495 e. The first-order chi connectivity index (χ1) is 61.9. The molecule has 37 nitrogen and oxygen atoms in total. The normalized spacial score (nSPS) is 18.1. The van der Waals surface area contributed by atoms with Crippen molar-refractivity contribution in [2.45, 2.75) is 121 Å². The number of imidazole rings is 4. The summed E-state index contributed by atoms with van der Waals surface area (Å²) in [5.74, 6) is 3.62. The lowest BCUT2D eigenvalue weighted by Crippen LogP contribution is -2.44. The van der Waals surface area contributed by atoms with Crippen molar-refractivity contribution in [1.82, 2.24) is 107 Å². The van der Waals surface area contributed by atoms with Gasteiger partial charge in [-0.15, -0.1) is 0 Å². The molecule has 39 heteroatoms. The minimum Gasteiger partial charge on any atom is -0.495 e. The number of carbonyl (C=O) groups is 3. The third-order valence-electron chi connectivity index (χ3n) is 25.2. The summed E-state index contributed by atoms with van der Waals surface area (Å²) in [6.45, 7) is 0.832. The van der Waals surface area contributed by atoms with Gasteiger partial charge < -0.3 is 68.3 Å². The van der Waals surface area contributed by atoms with Gasteiger partial charge in [-0.25, -0.2) is 62.3 Å². The SMILES string of the molecule is C.COc1cccc2cc(-c3nc(C4CCC(C(N)=O)CC4)n4ncnc(N)c34)[nH]c12.COc1cccc2cc(-c3nc(C4CCN(S(=O)(=O)N(C)C)CC4)n4ncnc(N)c34)[nH]c12.N#Cc1cccc2cc(-c3nc(C4CCC(C(=O)O)CC4)n4ncnc(N)c34)[nH]c12.Nc1ncnn2c(C3CCC(C(=O)O)CC3)nc(-c3cc4cccc(-c5ccccc5F)c4[nH]3)c12. The number of anilines is 4. The van der Waals surface area contributed by atoms with Gasteiger partial charge in [0.2, 0.25) is 5.91 Å². The van der Waals surface area contributed by atoms with E-state index in [9.17, 15) is 42.7 Å². The number of rotatable bonds is 16. The molecule has 12 aromatic heterocycles. The van der Waals surface area contributed by atoms with Crippen molar-refractivity contribution < 1.29 is 46.9 Å². The van der Waals surface area contributed by atoms with Crippen molar-refractivity contribution in [3.8, 4) is 74.2 Å². The maximum atomic E-state index is 14.6. The number of carboxylic acids is 2. The minimum absolute atomic E-state index is 0. The van der Waals surface area contributed by atoms with E-state index in [1.54, 1.807) is 64.6 Å². The number of nitrogens with one attached hydrogen (secondary N) is 4. The van der Waals surface area contributed by atoms with Crippen molar-refractivity contribution in [2.24, 2.45) is 23.5 Å². The standard InChI is InChI=1S/C26H23FN6O2.C21H26N8O3S.C21H23N7O2.C21H19N7O2.CH4/c27-19-7-2-1-5-17(19)18-6-3-4-16-12-20(31-21(16)18)22-23-24(28)29-13-30-33(23)25(32-22)14-8-10-15(11-9-14)26(34)35;1-27(2)33(30,31)28-9-7-13(8-10-28)21-26-18(19-20(22)23-12-24-29(19)21)15-11-14-5-4-6-16(32-3)17(14)25-15;1-30-15-4-2-3-13-9-14(26-16(13)15)17-18-19(22)24-10-25-28(18)21(27-17)12-7-5-11(6-8-12)20(23)29;22-9-14-3-1-2-13-8-15(26-16(13)14)17-18-19(23)24-10-25-28(18)20(27-17)11-4-6-12(7-5-11)21(29)30;/h1-7,12-15,31H,8-11H2,(H,34,35)(H2,28,29,30);4-6,11-13,25H,7-10H2,1-3H3,(H2,22,23,24);2-4,9-12,26H,5-8H2,1H3,(H2,23,29)(H2,22,24,25);1-3,8,10-12,26H,4-7H2,(H,29,30)(H2,23,24,25);1H4. The first-order valence-corrected chi connectivity index (χ1v) is 43.4. The molecule has 21 rings (SSSR count). The molecular weight excluding hydrogens is 1670 g/mol. The highest BCUT2D eigenvalue weighted by Gasteiger charge is 2.38. The Kier molecular flexibility index (Phi) is 23.6. The Morgan fingerprint density at radius 2 is 0.783 bits per heavy atom. The molecule has 3 saturated carbocycles. The first kappa shape index (κ1) is 86.1. The number of benzene rings is 5. The number of nitriles is 1. The number of halogens is 1. The van der Waals surface area contributed by atoms with Crippen molar-refractivity contribution in [1.29, 1.82) is 5.26 Å². The quantitative estimate of drug-likeness (QED) is 0.0428. The molecule has 3 aliphatic carbocycles. The zero-order valence-corrected chi connectivity index (χ0v) is 71.0. The highest BCUT2D eigenvalue weighted by molar-refractivity contribution is 7.86. The van der Waals surface area contributed by atoms with Gasteiger partial charge in [0, 0.05) is 89.4 Å². The lowest BCUT2D eigenvalue weighted by Gasteiger charge is -2.32. The molecule has 0 atom stereocenters. The van der Waals surface area contributed by atoms with E-state index in [4.69, 9.17) is 58.1 Å². The second-order valence-electron chi connectivity index (χ2n) is 32.8. The third kappa shape index (κ3) is 16.1. The number of H-pyrrole nitrogens is 4. The molecule has 1 amide bonds. The van der Waals surface area contributed by atoms with Crippen LogP contribution in [0, 0.1) is 34.9 Å². The molecule has 0 unspecified atom stereocenters. The Morgan fingerprint density at radius 3 is 1.14 bits per heavy atom. The summed E-state index contributed by atoms with van der Waals surface area (Å²) in [5.41, 5.74) is 43.8. The number of aliphatic carboxylic acids is 2. The maximum Gasteiger partial charge on any atom is 0.306 e. The van der Waals surface area contributed by atoms with Crippen molar-refractivity contribution in [2.75, 3.05) is 64.3 Å². The first-order valence-electron chi connectivity index (χ1n) is 42.1. The van der Waals surface area contributed by atoms with Gasteiger partial charge in [0.15, 0.2) is 23.3 Å². The number of ether oxygens (including phenoxy) is 2. The summed E-state index contributed by atoms with van der Waals surface area (Å²) in [4.78, 5) is 84.2. The molecule has 13 heterocycles. The van der Waals surface area contributed by atoms with Gasteiger partial charge in [0.1, 0.15) is 117 Å². The summed E-state index contributed by atoms with van der Waals surface area (Å²) in [6, 6.07) is 39.8. The monoisotopic (exact) mass is 1760 g/mol. The van der Waals surface area contributed by atoms with E-state index in [1.807, 2.05) is 97.1 Å². The molecule has 16 N–H and O–H groups in total. The number of aromatic amines is 4. The van der Waals surface area contributed by atoms with E-state index in [2.05, 4.69) is 66.3 Å². The molecule has 129 heavy (non-hydrogen) atoms. The van der Waals surface area contributed by atoms with Gasteiger partial charge in [-0.05, 0) is 138 Å². The number of piperidine rings is 1. The maximum absolute atomic E-state index is 14.6. The fourth-order valence-electron chi connectivity index (χ4n) is 18.5. The highest BCUT2D eigenvalue weighted by Crippen LogP contribution is 2.45. The molecule has 4 aliphatic rings. The Bertz CT molecular complexity index is 7310. The number of nitrogen functional groups attached to an aromatic ring is 4. The van der Waals surface area contributed by atoms with Crippen LogP contribution in [0.1, 0.15) is 150 Å². The van der Waals surface area contributed by atoms with E-state index in [0.29, 0.717) is 144 Å². The minimum atomic E-state index is -3.44. The Labute approximate surface area is 736 Å². The van der Waals surface area contributed by atoms with Gasteiger partial charge in [-0.2, -0.15) is 42.7 Å². The number of hydrogen-bond donors (Lipinski definition) is 11. The molecular formula is C90H95FN28O9S. The number of amides is 1. The Morgan fingerprint density at radius 1 is 0.457 bits per heavy atom. The number of carboxylic acid groups (broad SMARTS) is 2. The van der Waals surface area contributed by atoms with Crippen LogP contribution in [0.25, 0.3) is 122 Å². The number of methoxy groups -OCH3 is 2. The van der Waals surface area contributed by atoms with Gasteiger partial charge in [0.05, 0.1) is 76.5 Å². The van der Waals surface area contributed by atoms with Crippen LogP contribution in [0.4, 0.5) is 27.7 Å². The smallest absolute Gasteiger partial charge is 0.306 e. The molecule has 1 saturated heterocycles. The van der Waals surface area contributed by atoms with Crippen molar-refractivity contribution in [3.63, 3.8) is 0 Å². The second-order valence-corrected chi connectivity index (χ2v) is 34.9. The number of para-hydroxylation sites is 4. The van der Waals surface area contributed by atoms with E-state index in [1.165, 1.54) is 40.0 Å². The highest BCUT2D eigenvalue weighted by atomic mass is 32.2. The van der Waals surface area contributed by atoms with Crippen LogP contribution in [0.3, 0.4) is 0 Å². The zero-order chi connectivity index (χ0) is 89.1. The zero-order valence-electron chi connectivity index (χ0n) is 70.1. The summed E-state index contributed by atoms with van der Waals surface area (Å²) in [5, 5.41) is 49.6. The number of hydrogen-bond acceptors (Lipinski definition) is 24. The predicted molar refractivity (Wildman–Crippen MR) is 485 cm³/mol. The number of primary amides is 1. The van der Waals surface area contributed by atoms with E-state index >= 15 is 0 Å². The van der Waals surface area contributed by atoms with E-state index < -0.39 is 22.1 Å². The van der Waals surface area contributed by atoms with E-state index in [0.717, 1.165) is 145 Å². The lowest BCUT2D eigenvalue weighted by molar-refractivity contribution is -0.143.